The maximum absolute atomic E-state index is 9.39. The highest BCUT2D eigenvalue weighted by Crippen LogP contribution is 2.24. The van der Waals surface area contributed by atoms with Crippen molar-refractivity contribution >= 4 is 0 Å². The summed E-state index contributed by atoms with van der Waals surface area (Å²) in [6, 6.07) is 14.0. The summed E-state index contributed by atoms with van der Waals surface area (Å²) in [7, 11) is 0. The fraction of sp³-hybridized carbons (Fsp3) is 0.294. The van der Waals surface area contributed by atoms with E-state index in [0.29, 0.717) is 6.54 Å². The van der Waals surface area contributed by atoms with Crippen molar-refractivity contribution in [1.82, 2.24) is 0 Å². The molecule has 0 spiro atoms. The zero-order chi connectivity index (χ0) is 14.4. The molecular formula is C17H21NO2. The maximum atomic E-state index is 9.39. The Hall–Kier alpha value is -1.68. The first-order valence-electron chi connectivity index (χ1n) is 6.91. The highest BCUT2D eigenvalue weighted by molar-refractivity contribution is 5.65. The summed E-state index contributed by atoms with van der Waals surface area (Å²) < 4.78 is 0. The lowest BCUT2D eigenvalue weighted by atomic mass is 9.96. The average Bonchev–Trinajstić information content (AvgIpc) is 2.52. The molecular weight excluding hydrogens is 250 g/mol. The predicted molar refractivity (Wildman–Crippen MR) is 81.1 cm³/mol. The zero-order valence-corrected chi connectivity index (χ0v) is 11.5. The molecule has 4 N–H and O–H groups in total. The molecule has 0 aliphatic rings. The summed E-state index contributed by atoms with van der Waals surface area (Å²) >= 11 is 0. The second kappa shape index (κ2) is 7.20. The molecule has 0 unspecified atom stereocenters. The number of hydrogen-bond donors (Lipinski definition) is 3. The Labute approximate surface area is 119 Å². The van der Waals surface area contributed by atoms with Crippen molar-refractivity contribution in [1.29, 1.82) is 0 Å². The number of aryl methyl sites for hydroxylation is 1. The molecule has 0 radical (unpaired) electrons. The molecule has 0 atom stereocenters. The summed E-state index contributed by atoms with van der Waals surface area (Å²) in [5, 5.41) is 18.5. The molecule has 0 saturated carbocycles. The van der Waals surface area contributed by atoms with Crippen LogP contribution < -0.4 is 5.73 Å². The minimum absolute atomic E-state index is 0.0592. The second-order valence-corrected chi connectivity index (χ2v) is 4.89. The van der Waals surface area contributed by atoms with Crippen LogP contribution in [0.25, 0.3) is 11.1 Å². The van der Waals surface area contributed by atoms with E-state index < -0.39 is 0 Å². The van der Waals surface area contributed by atoms with Crippen LogP contribution in [0.5, 0.6) is 0 Å². The van der Waals surface area contributed by atoms with Gasteiger partial charge in [0, 0.05) is 0 Å². The summed E-state index contributed by atoms with van der Waals surface area (Å²) in [4.78, 5) is 0. The Bertz CT molecular complexity index is 549. The van der Waals surface area contributed by atoms with E-state index in [4.69, 9.17) is 10.8 Å². The van der Waals surface area contributed by atoms with Crippen molar-refractivity contribution in [2.24, 2.45) is 5.73 Å². The quantitative estimate of drug-likeness (QED) is 0.755. The van der Waals surface area contributed by atoms with Crippen molar-refractivity contribution < 1.29 is 10.2 Å². The number of rotatable bonds is 6. The number of nitrogens with two attached hydrogens (primary N) is 1. The molecule has 2 rings (SSSR count). The Kier molecular flexibility index (Phi) is 5.30. The van der Waals surface area contributed by atoms with Gasteiger partial charge in [-0.15, -0.1) is 0 Å². The molecule has 0 fully saturated rings. The zero-order valence-electron chi connectivity index (χ0n) is 11.5. The van der Waals surface area contributed by atoms with Gasteiger partial charge in [-0.2, -0.15) is 0 Å². The van der Waals surface area contributed by atoms with Gasteiger partial charge in [0.05, 0.1) is 13.2 Å². The van der Waals surface area contributed by atoms with Crippen molar-refractivity contribution in [3.05, 3.63) is 59.2 Å². The van der Waals surface area contributed by atoms with Gasteiger partial charge in [-0.25, -0.2) is 0 Å². The standard InChI is InChI=1S/C17H21NO2/c18-9-1-2-15-10-16(7-8-17(15)12-20)14-5-3-13(11-19)4-6-14/h3-8,10,19-20H,1-2,9,11-12,18H2. The molecule has 2 aromatic rings. The molecule has 0 aliphatic carbocycles. The SMILES string of the molecule is NCCCc1cc(-c2ccc(CO)cc2)ccc1CO. The van der Waals surface area contributed by atoms with Crippen LogP contribution >= 0.6 is 0 Å². The topological polar surface area (TPSA) is 66.5 Å². The van der Waals surface area contributed by atoms with Gasteiger partial charge in [0.15, 0.2) is 0 Å². The van der Waals surface area contributed by atoms with Crippen molar-refractivity contribution in [2.45, 2.75) is 26.1 Å². The smallest absolute Gasteiger partial charge is 0.0684 e. The van der Waals surface area contributed by atoms with Crippen LogP contribution in [0, 0.1) is 0 Å². The third-order valence-corrected chi connectivity index (χ3v) is 3.50. The van der Waals surface area contributed by atoms with E-state index >= 15 is 0 Å². The highest BCUT2D eigenvalue weighted by Gasteiger charge is 2.05. The minimum atomic E-state index is 0.0592. The van der Waals surface area contributed by atoms with Crippen LogP contribution in [0.4, 0.5) is 0 Å². The molecule has 3 heteroatoms. The molecule has 3 nitrogen and oxygen atoms in total. The fourth-order valence-corrected chi connectivity index (χ4v) is 2.29. The first-order chi connectivity index (χ1) is 9.78. The van der Waals surface area contributed by atoms with Gasteiger partial charge in [0.1, 0.15) is 0 Å². The van der Waals surface area contributed by atoms with Gasteiger partial charge >= 0.3 is 0 Å². The van der Waals surface area contributed by atoms with E-state index in [1.807, 2.05) is 36.4 Å². The van der Waals surface area contributed by atoms with Crippen LogP contribution in [0.3, 0.4) is 0 Å². The molecule has 0 heterocycles. The fourth-order valence-electron chi connectivity index (χ4n) is 2.29. The average molecular weight is 271 g/mol. The van der Waals surface area contributed by atoms with E-state index in [1.54, 1.807) is 0 Å². The van der Waals surface area contributed by atoms with Crippen molar-refractivity contribution in [2.75, 3.05) is 6.54 Å². The van der Waals surface area contributed by atoms with Gasteiger partial charge in [-0.05, 0) is 47.2 Å². The number of benzene rings is 2. The van der Waals surface area contributed by atoms with Gasteiger partial charge in [0.25, 0.3) is 0 Å². The van der Waals surface area contributed by atoms with E-state index in [1.165, 1.54) is 0 Å². The molecule has 0 bridgehead atoms. The molecule has 2 aromatic carbocycles. The van der Waals surface area contributed by atoms with E-state index in [-0.39, 0.29) is 13.2 Å². The Morgan fingerprint density at radius 3 is 2.10 bits per heavy atom. The lowest BCUT2D eigenvalue weighted by Gasteiger charge is -2.10. The van der Waals surface area contributed by atoms with Crippen LogP contribution in [-0.2, 0) is 19.6 Å². The maximum Gasteiger partial charge on any atom is 0.0684 e. The molecule has 20 heavy (non-hydrogen) atoms. The summed E-state index contributed by atoms with van der Waals surface area (Å²) in [6.07, 6.45) is 1.80. The second-order valence-electron chi connectivity index (χ2n) is 4.89. The Balaban J connectivity index is 2.30. The molecule has 0 aromatic heterocycles. The summed E-state index contributed by atoms with van der Waals surface area (Å²) in [5.74, 6) is 0. The van der Waals surface area contributed by atoms with Crippen LogP contribution in [0.2, 0.25) is 0 Å². The largest absolute Gasteiger partial charge is 0.392 e. The van der Waals surface area contributed by atoms with E-state index in [0.717, 1.165) is 40.7 Å². The Morgan fingerprint density at radius 2 is 1.50 bits per heavy atom. The minimum Gasteiger partial charge on any atom is -0.392 e. The predicted octanol–water partition coefficient (Wildman–Crippen LogP) is 2.23. The van der Waals surface area contributed by atoms with Crippen LogP contribution in [-0.4, -0.2) is 16.8 Å². The number of hydrogen-bond acceptors (Lipinski definition) is 3. The molecule has 0 amide bonds. The van der Waals surface area contributed by atoms with E-state index in [9.17, 15) is 5.11 Å². The van der Waals surface area contributed by atoms with Gasteiger partial charge in [0.2, 0.25) is 0 Å². The molecule has 106 valence electrons. The van der Waals surface area contributed by atoms with Crippen molar-refractivity contribution in [3.63, 3.8) is 0 Å². The first-order valence-corrected chi connectivity index (χ1v) is 6.91. The number of aliphatic hydroxyl groups is 2. The van der Waals surface area contributed by atoms with Crippen molar-refractivity contribution in [3.8, 4) is 11.1 Å². The third kappa shape index (κ3) is 3.45. The lowest BCUT2D eigenvalue weighted by Crippen LogP contribution is -2.02. The normalized spacial score (nSPS) is 10.8. The third-order valence-electron chi connectivity index (χ3n) is 3.50. The first kappa shape index (κ1) is 14.7. The van der Waals surface area contributed by atoms with Gasteiger partial charge < -0.3 is 15.9 Å². The highest BCUT2D eigenvalue weighted by atomic mass is 16.3. The van der Waals surface area contributed by atoms with Crippen LogP contribution in [0.1, 0.15) is 23.1 Å². The molecule has 0 aliphatic heterocycles. The van der Waals surface area contributed by atoms with E-state index in [2.05, 4.69) is 6.07 Å². The Morgan fingerprint density at radius 1 is 0.800 bits per heavy atom. The van der Waals surface area contributed by atoms with Gasteiger partial charge in [-0.1, -0.05) is 42.5 Å². The number of aliphatic hydroxyl groups excluding tert-OH is 2. The summed E-state index contributed by atoms with van der Waals surface area (Å²) in [6.45, 7) is 0.773. The summed E-state index contributed by atoms with van der Waals surface area (Å²) in [5.41, 5.74) is 10.8. The monoisotopic (exact) mass is 271 g/mol. The van der Waals surface area contributed by atoms with Crippen LogP contribution in [0.15, 0.2) is 42.5 Å². The lowest BCUT2D eigenvalue weighted by molar-refractivity contribution is 0.280. The van der Waals surface area contributed by atoms with Gasteiger partial charge in [-0.3, -0.25) is 0 Å². The molecule has 0 saturated heterocycles.